The molecule has 1 atom stereocenters. The first-order valence-electron chi connectivity index (χ1n) is 5.83. The fourth-order valence-electron chi connectivity index (χ4n) is 2.05. The zero-order valence-corrected chi connectivity index (χ0v) is 10.8. The lowest BCUT2D eigenvalue weighted by Gasteiger charge is -2.26. The summed E-state index contributed by atoms with van der Waals surface area (Å²) in [5.74, 6) is 0.631. The molecule has 0 aromatic carbocycles. The minimum atomic E-state index is -0.498. The monoisotopic (exact) mass is 265 g/mol. The van der Waals surface area contributed by atoms with Crippen molar-refractivity contribution < 1.29 is 9.53 Å². The Morgan fingerprint density at radius 3 is 2.56 bits per heavy atom. The van der Waals surface area contributed by atoms with E-state index < -0.39 is 4.33 Å². The predicted molar refractivity (Wildman–Crippen MR) is 63.8 cm³/mol. The van der Waals surface area contributed by atoms with Crippen molar-refractivity contribution in [3.05, 3.63) is 0 Å². The predicted octanol–water partition coefficient (Wildman–Crippen LogP) is 2.21. The smallest absolute Gasteiger partial charge is 0.222 e. The van der Waals surface area contributed by atoms with Gasteiger partial charge < -0.3 is 9.64 Å². The highest BCUT2D eigenvalue weighted by Crippen LogP contribution is 2.55. The number of nitrogens with zero attached hydrogens (tertiary/aromatic N) is 1. The van der Waals surface area contributed by atoms with Crippen molar-refractivity contribution in [3.63, 3.8) is 0 Å². The number of hydrogen-bond donors (Lipinski definition) is 0. The van der Waals surface area contributed by atoms with Gasteiger partial charge in [-0.3, -0.25) is 4.79 Å². The lowest BCUT2D eigenvalue weighted by molar-refractivity contribution is -0.135. The fourth-order valence-corrected chi connectivity index (χ4v) is 2.64. The van der Waals surface area contributed by atoms with Crippen molar-refractivity contribution >= 4 is 29.1 Å². The summed E-state index contributed by atoms with van der Waals surface area (Å²) in [4.78, 5) is 13.6. The largest absolute Gasteiger partial charge is 0.378 e. The van der Waals surface area contributed by atoms with Crippen LogP contribution in [0.2, 0.25) is 0 Å². The van der Waals surface area contributed by atoms with E-state index in [2.05, 4.69) is 0 Å². The summed E-state index contributed by atoms with van der Waals surface area (Å²) in [7, 11) is 0. The highest BCUT2D eigenvalue weighted by molar-refractivity contribution is 6.50. The molecule has 3 nitrogen and oxygen atoms in total. The van der Waals surface area contributed by atoms with Gasteiger partial charge >= 0.3 is 0 Å². The summed E-state index contributed by atoms with van der Waals surface area (Å²) in [6.07, 6.45) is 3.34. The molecule has 5 heteroatoms. The van der Waals surface area contributed by atoms with Crippen LogP contribution in [-0.4, -0.2) is 41.4 Å². The molecule has 2 rings (SSSR count). The van der Waals surface area contributed by atoms with Crippen molar-refractivity contribution in [2.75, 3.05) is 26.3 Å². The van der Waals surface area contributed by atoms with Crippen LogP contribution in [0.3, 0.4) is 0 Å². The molecule has 92 valence electrons. The van der Waals surface area contributed by atoms with Crippen molar-refractivity contribution in [2.45, 2.75) is 30.0 Å². The van der Waals surface area contributed by atoms with Crippen LogP contribution >= 0.6 is 23.2 Å². The van der Waals surface area contributed by atoms with E-state index in [-0.39, 0.29) is 5.91 Å². The first-order valence-corrected chi connectivity index (χ1v) is 6.58. The van der Waals surface area contributed by atoms with Gasteiger partial charge in [0, 0.05) is 19.5 Å². The number of carbonyl (C=O) groups is 1. The maximum atomic E-state index is 11.8. The highest BCUT2D eigenvalue weighted by Gasteiger charge is 2.50. The van der Waals surface area contributed by atoms with Crippen LogP contribution < -0.4 is 0 Å². The van der Waals surface area contributed by atoms with Crippen molar-refractivity contribution in [3.8, 4) is 0 Å². The van der Waals surface area contributed by atoms with E-state index in [0.29, 0.717) is 25.6 Å². The second-order valence-electron chi connectivity index (χ2n) is 4.55. The van der Waals surface area contributed by atoms with Gasteiger partial charge in [-0.1, -0.05) is 0 Å². The van der Waals surface area contributed by atoms with E-state index >= 15 is 0 Å². The molecule has 1 saturated heterocycles. The van der Waals surface area contributed by atoms with Gasteiger partial charge in [0.25, 0.3) is 0 Å². The summed E-state index contributed by atoms with van der Waals surface area (Å²) >= 11 is 11.8. The van der Waals surface area contributed by atoms with Gasteiger partial charge in [-0.2, -0.15) is 0 Å². The lowest BCUT2D eigenvalue weighted by Crippen LogP contribution is -2.40. The molecule has 2 aliphatic rings. The molecular formula is C11H17Cl2NO2. The Bertz CT molecular complexity index is 265. The van der Waals surface area contributed by atoms with Gasteiger partial charge in [-0.15, -0.1) is 23.2 Å². The molecule has 0 aromatic rings. The quantitative estimate of drug-likeness (QED) is 0.730. The van der Waals surface area contributed by atoms with E-state index in [4.69, 9.17) is 27.9 Å². The number of halogens is 2. The number of hydrogen-bond acceptors (Lipinski definition) is 2. The third-order valence-corrected chi connectivity index (χ3v) is 4.19. The molecule has 0 aromatic heterocycles. The molecule has 1 saturated carbocycles. The maximum absolute atomic E-state index is 11.8. The highest BCUT2D eigenvalue weighted by atomic mass is 35.5. The van der Waals surface area contributed by atoms with E-state index in [9.17, 15) is 4.79 Å². The number of rotatable bonds is 4. The summed E-state index contributed by atoms with van der Waals surface area (Å²) in [6, 6.07) is 0. The normalized spacial score (nSPS) is 27.9. The molecule has 1 amide bonds. The van der Waals surface area contributed by atoms with Gasteiger partial charge in [-0.25, -0.2) is 0 Å². The zero-order valence-electron chi connectivity index (χ0n) is 9.25. The Hall–Kier alpha value is 0.01000. The topological polar surface area (TPSA) is 29.5 Å². The van der Waals surface area contributed by atoms with Gasteiger partial charge in [-0.05, 0) is 25.2 Å². The standard InChI is InChI=1S/C11H17Cl2NO2/c12-11(13)8-9(11)2-1-3-10(15)14-4-6-16-7-5-14/h9H,1-8H2/t9-/m1/s1. The van der Waals surface area contributed by atoms with Crippen LogP contribution in [0.5, 0.6) is 0 Å². The summed E-state index contributed by atoms with van der Waals surface area (Å²) in [6.45, 7) is 2.80. The third-order valence-electron chi connectivity index (χ3n) is 3.26. The Labute approximate surface area is 106 Å². The molecule has 16 heavy (non-hydrogen) atoms. The van der Waals surface area contributed by atoms with E-state index in [1.807, 2.05) is 4.90 Å². The number of alkyl halides is 2. The molecule has 1 aliphatic heterocycles. The van der Waals surface area contributed by atoms with Crippen LogP contribution in [0.25, 0.3) is 0 Å². The number of amides is 1. The van der Waals surface area contributed by atoms with Crippen molar-refractivity contribution in [2.24, 2.45) is 5.92 Å². The second-order valence-corrected chi connectivity index (χ2v) is 6.09. The van der Waals surface area contributed by atoms with Gasteiger partial charge in [0.1, 0.15) is 4.33 Å². The van der Waals surface area contributed by atoms with Gasteiger partial charge in [0.05, 0.1) is 13.2 Å². The Kier molecular flexibility index (Phi) is 3.98. The van der Waals surface area contributed by atoms with Crippen LogP contribution in [0.15, 0.2) is 0 Å². The molecule has 0 bridgehead atoms. The Morgan fingerprint density at radius 1 is 1.38 bits per heavy atom. The van der Waals surface area contributed by atoms with Crippen molar-refractivity contribution in [1.29, 1.82) is 0 Å². The minimum Gasteiger partial charge on any atom is -0.378 e. The minimum absolute atomic E-state index is 0.235. The molecular weight excluding hydrogens is 249 g/mol. The third kappa shape index (κ3) is 3.25. The fraction of sp³-hybridized carbons (Fsp3) is 0.909. The van der Waals surface area contributed by atoms with Crippen LogP contribution in [0.1, 0.15) is 25.7 Å². The first kappa shape index (κ1) is 12.5. The Balaban J connectivity index is 1.60. The average molecular weight is 266 g/mol. The molecule has 1 heterocycles. The second kappa shape index (κ2) is 5.11. The molecule has 0 unspecified atom stereocenters. The summed E-state index contributed by atoms with van der Waals surface area (Å²) in [5, 5.41) is 0. The SMILES string of the molecule is O=C(CCC[C@@H]1CC1(Cl)Cl)N1CCOCC1. The van der Waals surface area contributed by atoms with Crippen LogP contribution in [0, 0.1) is 5.92 Å². The Morgan fingerprint density at radius 2 is 2.00 bits per heavy atom. The number of ether oxygens (including phenoxy) is 1. The summed E-state index contributed by atoms with van der Waals surface area (Å²) < 4.78 is 4.70. The molecule has 2 fully saturated rings. The van der Waals surface area contributed by atoms with E-state index in [0.717, 1.165) is 32.4 Å². The van der Waals surface area contributed by atoms with Gasteiger partial charge in [0.2, 0.25) is 5.91 Å². The molecule has 0 radical (unpaired) electrons. The summed E-state index contributed by atoms with van der Waals surface area (Å²) in [5.41, 5.74) is 0. The van der Waals surface area contributed by atoms with Gasteiger partial charge in [0.15, 0.2) is 0 Å². The van der Waals surface area contributed by atoms with Crippen LogP contribution in [-0.2, 0) is 9.53 Å². The number of carbonyl (C=O) groups excluding carboxylic acids is 1. The molecule has 1 aliphatic carbocycles. The lowest BCUT2D eigenvalue weighted by atomic mass is 10.1. The van der Waals surface area contributed by atoms with Crippen LogP contribution in [0.4, 0.5) is 0 Å². The molecule has 0 N–H and O–H groups in total. The number of morpholine rings is 1. The first-order chi connectivity index (χ1) is 7.59. The maximum Gasteiger partial charge on any atom is 0.222 e. The zero-order chi connectivity index (χ0) is 11.6. The molecule has 0 spiro atoms. The van der Waals surface area contributed by atoms with E-state index in [1.54, 1.807) is 0 Å². The van der Waals surface area contributed by atoms with Crippen molar-refractivity contribution in [1.82, 2.24) is 4.90 Å². The van der Waals surface area contributed by atoms with E-state index in [1.165, 1.54) is 0 Å². The average Bonchev–Trinajstić information content (AvgIpc) is 2.87.